The first-order chi connectivity index (χ1) is 9.22. The van der Waals surface area contributed by atoms with E-state index in [0.29, 0.717) is 17.2 Å². The second kappa shape index (κ2) is 6.33. The average Bonchev–Trinajstić information content (AvgIpc) is 2.44. The molecule has 7 heteroatoms. The highest BCUT2D eigenvalue weighted by molar-refractivity contribution is 6.31. The standard InChI is InChI=1S/C12H13ClN4O2/c13-10-7-15-12(17-14)16-11(10)19-9-3-1-8(2-4-9)5-6-18/h1-4,7,18H,5-6,14H2,(H,15,16,17). The van der Waals surface area contributed by atoms with Crippen LogP contribution in [0.25, 0.3) is 0 Å². The van der Waals surface area contributed by atoms with Crippen LogP contribution < -0.4 is 16.0 Å². The monoisotopic (exact) mass is 280 g/mol. The van der Waals surface area contributed by atoms with Gasteiger partial charge < -0.3 is 9.84 Å². The number of rotatable bonds is 5. The van der Waals surface area contributed by atoms with Crippen LogP contribution in [0.1, 0.15) is 5.56 Å². The zero-order valence-corrected chi connectivity index (χ0v) is 10.8. The van der Waals surface area contributed by atoms with Crippen molar-refractivity contribution in [1.82, 2.24) is 9.97 Å². The van der Waals surface area contributed by atoms with Crippen LogP contribution in [-0.4, -0.2) is 21.7 Å². The number of halogens is 1. The predicted octanol–water partition coefficient (Wildman–Crippen LogP) is 1.74. The molecule has 0 fully saturated rings. The highest BCUT2D eigenvalue weighted by Gasteiger charge is 2.07. The molecule has 2 aromatic rings. The van der Waals surface area contributed by atoms with E-state index >= 15 is 0 Å². The van der Waals surface area contributed by atoms with Crippen LogP contribution in [0.5, 0.6) is 11.6 Å². The summed E-state index contributed by atoms with van der Waals surface area (Å²) in [4.78, 5) is 7.85. The lowest BCUT2D eigenvalue weighted by Gasteiger charge is -2.08. The minimum Gasteiger partial charge on any atom is -0.437 e. The number of ether oxygens (including phenoxy) is 1. The molecule has 6 nitrogen and oxygen atoms in total. The van der Waals surface area contributed by atoms with Crippen molar-refractivity contribution >= 4 is 17.5 Å². The Bertz CT molecular complexity index is 548. The fraction of sp³-hybridized carbons (Fsp3) is 0.167. The number of nitrogens with zero attached hydrogens (tertiary/aromatic N) is 2. The zero-order valence-electron chi connectivity index (χ0n) is 10.0. The van der Waals surface area contributed by atoms with E-state index in [0.717, 1.165) is 5.56 Å². The molecule has 0 atom stereocenters. The maximum atomic E-state index is 8.83. The number of nitrogen functional groups attached to an aromatic ring is 1. The summed E-state index contributed by atoms with van der Waals surface area (Å²) in [5.41, 5.74) is 3.34. The normalized spacial score (nSPS) is 10.3. The van der Waals surface area contributed by atoms with Crippen molar-refractivity contribution in [3.8, 4) is 11.6 Å². The lowest BCUT2D eigenvalue weighted by molar-refractivity contribution is 0.299. The Kier molecular flexibility index (Phi) is 4.51. The Labute approximate surface area is 115 Å². The predicted molar refractivity (Wildman–Crippen MR) is 72.2 cm³/mol. The second-order valence-electron chi connectivity index (χ2n) is 3.71. The van der Waals surface area contributed by atoms with E-state index in [9.17, 15) is 0 Å². The highest BCUT2D eigenvalue weighted by atomic mass is 35.5. The number of nitrogens with one attached hydrogen (secondary N) is 1. The molecule has 1 aromatic heterocycles. The van der Waals surface area contributed by atoms with Crippen molar-refractivity contribution in [3.63, 3.8) is 0 Å². The van der Waals surface area contributed by atoms with E-state index < -0.39 is 0 Å². The molecule has 4 N–H and O–H groups in total. The number of benzene rings is 1. The number of hydrazine groups is 1. The minimum absolute atomic E-state index is 0.115. The van der Waals surface area contributed by atoms with Crippen LogP contribution in [0.3, 0.4) is 0 Å². The van der Waals surface area contributed by atoms with Gasteiger partial charge in [0.2, 0.25) is 11.8 Å². The van der Waals surface area contributed by atoms with Gasteiger partial charge in [-0.1, -0.05) is 23.7 Å². The first-order valence-corrected chi connectivity index (χ1v) is 5.97. The molecule has 0 amide bonds. The maximum absolute atomic E-state index is 8.83. The summed E-state index contributed by atoms with van der Waals surface area (Å²) < 4.78 is 5.54. The van der Waals surface area contributed by atoms with Crippen LogP contribution in [0, 0.1) is 0 Å². The topological polar surface area (TPSA) is 93.3 Å². The molecule has 0 aliphatic carbocycles. The van der Waals surface area contributed by atoms with Crippen molar-refractivity contribution in [3.05, 3.63) is 41.0 Å². The number of aromatic nitrogens is 2. The molecule has 0 radical (unpaired) electrons. The maximum Gasteiger partial charge on any atom is 0.243 e. The van der Waals surface area contributed by atoms with Gasteiger partial charge in [-0.2, -0.15) is 4.98 Å². The van der Waals surface area contributed by atoms with Gasteiger partial charge >= 0.3 is 0 Å². The highest BCUT2D eigenvalue weighted by Crippen LogP contribution is 2.27. The molecular formula is C12H13ClN4O2. The fourth-order valence-electron chi connectivity index (χ4n) is 1.46. The van der Waals surface area contributed by atoms with Gasteiger partial charge in [0.1, 0.15) is 10.8 Å². The van der Waals surface area contributed by atoms with Gasteiger partial charge in [0.15, 0.2) is 0 Å². The van der Waals surface area contributed by atoms with Gasteiger partial charge in [-0.3, -0.25) is 5.43 Å². The minimum atomic E-state index is 0.115. The van der Waals surface area contributed by atoms with Crippen LogP contribution in [0.4, 0.5) is 5.95 Å². The van der Waals surface area contributed by atoms with Crippen LogP contribution in [0.15, 0.2) is 30.5 Å². The van der Waals surface area contributed by atoms with Crippen molar-refractivity contribution in [2.75, 3.05) is 12.0 Å². The van der Waals surface area contributed by atoms with E-state index in [2.05, 4.69) is 15.4 Å². The number of hydrogen-bond donors (Lipinski definition) is 3. The van der Waals surface area contributed by atoms with Gasteiger partial charge in [-0.15, -0.1) is 0 Å². The average molecular weight is 281 g/mol. The first-order valence-electron chi connectivity index (χ1n) is 5.59. The Morgan fingerprint density at radius 2 is 2.05 bits per heavy atom. The van der Waals surface area contributed by atoms with Crippen molar-refractivity contribution in [1.29, 1.82) is 0 Å². The zero-order chi connectivity index (χ0) is 13.7. The van der Waals surface area contributed by atoms with Crippen LogP contribution in [-0.2, 0) is 6.42 Å². The summed E-state index contributed by atoms with van der Waals surface area (Å²) in [6.45, 7) is 0.115. The van der Waals surface area contributed by atoms with Gasteiger partial charge in [-0.25, -0.2) is 10.8 Å². The van der Waals surface area contributed by atoms with Gasteiger partial charge in [0.05, 0.1) is 6.20 Å². The molecule has 1 aromatic carbocycles. The SMILES string of the molecule is NNc1ncc(Cl)c(Oc2ccc(CCO)cc2)n1. The summed E-state index contributed by atoms with van der Waals surface area (Å²) in [5, 5.41) is 9.12. The first kappa shape index (κ1) is 13.5. The summed E-state index contributed by atoms with van der Waals surface area (Å²) in [6.07, 6.45) is 2.01. The molecule has 2 rings (SSSR count). The van der Waals surface area contributed by atoms with E-state index in [1.165, 1.54) is 6.20 Å². The van der Waals surface area contributed by atoms with Gasteiger partial charge in [0, 0.05) is 6.61 Å². The Morgan fingerprint density at radius 3 is 2.68 bits per heavy atom. The second-order valence-corrected chi connectivity index (χ2v) is 4.12. The van der Waals surface area contributed by atoms with Crippen molar-refractivity contribution < 1.29 is 9.84 Å². The molecule has 0 aliphatic rings. The van der Waals surface area contributed by atoms with Gasteiger partial charge in [-0.05, 0) is 24.1 Å². The molecule has 0 saturated heterocycles. The molecule has 0 saturated carbocycles. The van der Waals surface area contributed by atoms with Crippen LogP contribution in [0.2, 0.25) is 5.02 Å². The summed E-state index contributed by atoms with van der Waals surface area (Å²) in [6, 6.07) is 7.28. The Hall–Kier alpha value is -1.89. The number of aliphatic hydroxyl groups is 1. The molecular weight excluding hydrogens is 268 g/mol. The van der Waals surface area contributed by atoms with Gasteiger partial charge in [0.25, 0.3) is 0 Å². The summed E-state index contributed by atoms with van der Waals surface area (Å²) >= 11 is 5.93. The lowest BCUT2D eigenvalue weighted by atomic mass is 10.1. The Morgan fingerprint density at radius 1 is 1.32 bits per heavy atom. The lowest BCUT2D eigenvalue weighted by Crippen LogP contribution is -2.10. The van der Waals surface area contributed by atoms with Crippen molar-refractivity contribution in [2.24, 2.45) is 5.84 Å². The molecule has 0 spiro atoms. The van der Waals surface area contributed by atoms with E-state index in [1.54, 1.807) is 12.1 Å². The molecule has 0 bridgehead atoms. The summed E-state index contributed by atoms with van der Waals surface area (Å²) in [5.74, 6) is 6.25. The van der Waals surface area contributed by atoms with Crippen molar-refractivity contribution in [2.45, 2.75) is 6.42 Å². The molecule has 100 valence electrons. The van der Waals surface area contributed by atoms with E-state index in [4.69, 9.17) is 27.3 Å². The van der Waals surface area contributed by atoms with E-state index in [1.807, 2.05) is 12.1 Å². The number of nitrogens with two attached hydrogens (primary N) is 1. The third-order valence-corrected chi connectivity index (χ3v) is 2.64. The largest absolute Gasteiger partial charge is 0.437 e. The molecule has 19 heavy (non-hydrogen) atoms. The Balaban J connectivity index is 2.16. The number of anilines is 1. The molecule has 1 heterocycles. The third-order valence-electron chi connectivity index (χ3n) is 2.38. The number of aliphatic hydroxyl groups excluding tert-OH is 1. The fourth-order valence-corrected chi connectivity index (χ4v) is 1.59. The number of hydrogen-bond acceptors (Lipinski definition) is 6. The van der Waals surface area contributed by atoms with E-state index in [-0.39, 0.29) is 18.4 Å². The smallest absolute Gasteiger partial charge is 0.243 e. The van der Waals surface area contributed by atoms with Crippen LogP contribution >= 0.6 is 11.6 Å². The third kappa shape index (κ3) is 3.54. The molecule has 0 unspecified atom stereocenters. The quantitative estimate of drug-likeness (QED) is 0.571. The molecule has 0 aliphatic heterocycles. The summed E-state index contributed by atoms with van der Waals surface area (Å²) in [7, 11) is 0.